The van der Waals surface area contributed by atoms with Crippen LogP contribution < -0.4 is 5.32 Å². The minimum atomic E-state index is 0.464. The van der Waals surface area contributed by atoms with Crippen molar-refractivity contribution in [3.8, 4) is 0 Å². The van der Waals surface area contributed by atoms with Crippen molar-refractivity contribution in [3.05, 3.63) is 16.1 Å². The molecule has 1 fully saturated rings. The lowest BCUT2D eigenvalue weighted by Crippen LogP contribution is -2.34. The normalized spacial score (nSPS) is 27.0. The number of nitrogens with one attached hydrogen (secondary N) is 1. The first-order valence-corrected chi connectivity index (χ1v) is 7.74. The summed E-state index contributed by atoms with van der Waals surface area (Å²) in [6.07, 6.45) is 6.86. The van der Waals surface area contributed by atoms with E-state index in [4.69, 9.17) is 0 Å². The van der Waals surface area contributed by atoms with Crippen LogP contribution in [0.25, 0.3) is 0 Å². The molecule has 3 heteroatoms. The van der Waals surface area contributed by atoms with E-state index in [9.17, 15) is 0 Å². The fourth-order valence-electron chi connectivity index (χ4n) is 2.89. The molecule has 1 N–H and O–H groups in total. The van der Waals surface area contributed by atoms with Crippen LogP contribution in [-0.2, 0) is 0 Å². The van der Waals surface area contributed by atoms with Crippen molar-refractivity contribution in [1.82, 2.24) is 10.3 Å². The van der Waals surface area contributed by atoms with Crippen molar-refractivity contribution in [1.29, 1.82) is 0 Å². The summed E-state index contributed by atoms with van der Waals surface area (Å²) in [6.45, 7) is 6.70. The number of aromatic nitrogens is 1. The number of hydrogen-bond acceptors (Lipinski definition) is 3. The quantitative estimate of drug-likeness (QED) is 0.873. The maximum absolute atomic E-state index is 4.33. The van der Waals surface area contributed by atoms with Crippen molar-refractivity contribution >= 4 is 11.3 Å². The van der Waals surface area contributed by atoms with Crippen LogP contribution in [0.4, 0.5) is 0 Å². The highest BCUT2D eigenvalue weighted by Gasteiger charge is 2.22. The van der Waals surface area contributed by atoms with E-state index in [2.05, 4.69) is 31.1 Å². The molecule has 1 heterocycles. The van der Waals surface area contributed by atoms with Crippen LogP contribution in [0.15, 0.2) is 5.51 Å². The second-order valence-electron chi connectivity index (χ2n) is 5.32. The van der Waals surface area contributed by atoms with E-state index in [-0.39, 0.29) is 0 Å². The van der Waals surface area contributed by atoms with Gasteiger partial charge in [0.2, 0.25) is 0 Å². The Morgan fingerprint density at radius 3 is 2.65 bits per heavy atom. The molecule has 2 nitrogen and oxygen atoms in total. The molecule has 0 aromatic carbocycles. The Morgan fingerprint density at radius 2 is 2.12 bits per heavy atom. The van der Waals surface area contributed by atoms with Crippen LogP contribution in [0.3, 0.4) is 0 Å². The molecule has 0 aliphatic heterocycles. The van der Waals surface area contributed by atoms with Crippen molar-refractivity contribution < 1.29 is 0 Å². The lowest BCUT2D eigenvalue weighted by molar-refractivity contribution is 0.274. The maximum Gasteiger partial charge on any atom is 0.0798 e. The van der Waals surface area contributed by atoms with E-state index in [1.165, 1.54) is 42.7 Å². The van der Waals surface area contributed by atoms with Gasteiger partial charge in [0, 0.05) is 17.0 Å². The number of rotatable bonds is 4. The smallest absolute Gasteiger partial charge is 0.0798 e. The summed E-state index contributed by atoms with van der Waals surface area (Å²) >= 11 is 1.78. The summed E-state index contributed by atoms with van der Waals surface area (Å²) in [4.78, 5) is 5.74. The highest BCUT2D eigenvalue weighted by molar-refractivity contribution is 7.09. The fourth-order valence-corrected chi connectivity index (χ4v) is 3.71. The van der Waals surface area contributed by atoms with Crippen LogP contribution in [0.1, 0.15) is 62.6 Å². The Morgan fingerprint density at radius 1 is 1.41 bits per heavy atom. The van der Waals surface area contributed by atoms with Crippen LogP contribution in [-0.4, -0.2) is 11.0 Å². The first-order chi connectivity index (χ1) is 8.20. The zero-order chi connectivity index (χ0) is 12.3. The van der Waals surface area contributed by atoms with Gasteiger partial charge in [0.15, 0.2) is 0 Å². The SMILES string of the molecule is CCC1CCC(NC(C)c2scnc2C)CC1. The molecular weight excluding hydrogens is 228 g/mol. The summed E-state index contributed by atoms with van der Waals surface area (Å²) < 4.78 is 0. The van der Waals surface area contributed by atoms with Crippen LogP contribution in [0.2, 0.25) is 0 Å². The van der Waals surface area contributed by atoms with E-state index in [0.29, 0.717) is 12.1 Å². The van der Waals surface area contributed by atoms with Gasteiger partial charge in [-0.15, -0.1) is 11.3 Å². The largest absolute Gasteiger partial charge is 0.307 e. The van der Waals surface area contributed by atoms with Gasteiger partial charge in [0.25, 0.3) is 0 Å². The predicted molar refractivity (Wildman–Crippen MR) is 74.4 cm³/mol. The molecule has 1 aromatic rings. The minimum Gasteiger partial charge on any atom is -0.307 e. The maximum atomic E-state index is 4.33. The Balaban J connectivity index is 1.84. The highest BCUT2D eigenvalue weighted by Crippen LogP contribution is 2.29. The standard InChI is InChI=1S/C14H24N2S/c1-4-12-5-7-13(8-6-12)16-11(3)14-10(2)15-9-17-14/h9,11-13,16H,4-8H2,1-3H3. The van der Waals surface area contributed by atoms with E-state index >= 15 is 0 Å². The van der Waals surface area contributed by atoms with E-state index < -0.39 is 0 Å². The van der Waals surface area contributed by atoms with E-state index in [0.717, 1.165) is 5.92 Å². The third-order valence-corrected chi connectivity index (χ3v) is 5.20. The van der Waals surface area contributed by atoms with Crippen molar-refractivity contribution in [2.24, 2.45) is 5.92 Å². The van der Waals surface area contributed by atoms with Crippen LogP contribution >= 0.6 is 11.3 Å². The zero-order valence-electron chi connectivity index (χ0n) is 11.2. The number of nitrogens with zero attached hydrogens (tertiary/aromatic N) is 1. The zero-order valence-corrected chi connectivity index (χ0v) is 12.0. The third-order valence-electron chi connectivity index (χ3n) is 4.09. The molecule has 0 bridgehead atoms. The Labute approximate surface area is 109 Å². The molecule has 2 rings (SSSR count). The monoisotopic (exact) mass is 252 g/mol. The fraction of sp³-hybridized carbons (Fsp3) is 0.786. The molecule has 17 heavy (non-hydrogen) atoms. The molecule has 0 saturated heterocycles. The van der Waals surface area contributed by atoms with E-state index in [1.807, 2.05) is 5.51 Å². The Bertz CT molecular complexity index is 340. The van der Waals surface area contributed by atoms with Crippen molar-refractivity contribution in [2.45, 2.75) is 65.0 Å². The summed E-state index contributed by atoms with van der Waals surface area (Å²) in [5.41, 5.74) is 3.15. The van der Waals surface area contributed by atoms with Crippen molar-refractivity contribution in [2.75, 3.05) is 0 Å². The van der Waals surface area contributed by atoms with Gasteiger partial charge in [-0.05, 0) is 45.4 Å². The molecule has 0 amide bonds. The topological polar surface area (TPSA) is 24.9 Å². The molecule has 0 spiro atoms. The molecule has 96 valence electrons. The Hall–Kier alpha value is -0.410. The summed E-state index contributed by atoms with van der Waals surface area (Å²) in [5, 5.41) is 3.78. The van der Waals surface area contributed by atoms with Gasteiger partial charge in [-0.1, -0.05) is 13.3 Å². The molecule has 1 aliphatic carbocycles. The van der Waals surface area contributed by atoms with Gasteiger partial charge >= 0.3 is 0 Å². The van der Waals surface area contributed by atoms with Crippen LogP contribution in [0.5, 0.6) is 0 Å². The van der Waals surface area contributed by atoms with Gasteiger partial charge in [-0.2, -0.15) is 0 Å². The molecule has 1 atom stereocenters. The number of thiazole rings is 1. The van der Waals surface area contributed by atoms with Gasteiger partial charge < -0.3 is 5.32 Å². The molecule has 1 unspecified atom stereocenters. The summed E-state index contributed by atoms with van der Waals surface area (Å²) in [7, 11) is 0. The number of hydrogen-bond donors (Lipinski definition) is 1. The second kappa shape index (κ2) is 5.96. The molecule has 1 saturated carbocycles. The molecule has 1 aliphatic rings. The molecule has 1 aromatic heterocycles. The van der Waals surface area contributed by atoms with Gasteiger partial charge in [-0.25, -0.2) is 4.98 Å². The molecular formula is C14H24N2S. The highest BCUT2D eigenvalue weighted by atomic mass is 32.1. The van der Waals surface area contributed by atoms with Gasteiger partial charge in [-0.3, -0.25) is 0 Å². The minimum absolute atomic E-state index is 0.464. The average molecular weight is 252 g/mol. The van der Waals surface area contributed by atoms with Crippen LogP contribution in [0, 0.1) is 12.8 Å². The summed E-state index contributed by atoms with van der Waals surface area (Å²) in [5.74, 6) is 0.980. The second-order valence-corrected chi connectivity index (χ2v) is 6.20. The first kappa shape index (κ1) is 13.0. The first-order valence-electron chi connectivity index (χ1n) is 6.86. The lowest BCUT2D eigenvalue weighted by Gasteiger charge is -2.30. The van der Waals surface area contributed by atoms with Gasteiger partial charge in [0.1, 0.15) is 0 Å². The van der Waals surface area contributed by atoms with Crippen molar-refractivity contribution in [3.63, 3.8) is 0 Å². The van der Waals surface area contributed by atoms with Gasteiger partial charge in [0.05, 0.1) is 11.2 Å². The van der Waals surface area contributed by atoms with E-state index in [1.54, 1.807) is 11.3 Å². The summed E-state index contributed by atoms with van der Waals surface area (Å²) in [6, 6.07) is 1.18. The third kappa shape index (κ3) is 3.29. The number of aryl methyl sites for hydroxylation is 1. The average Bonchev–Trinajstić information content (AvgIpc) is 2.76. The lowest BCUT2D eigenvalue weighted by atomic mass is 9.84. The Kier molecular flexibility index (Phi) is 4.57. The molecule has 0 radical (unpaired) electrons. The predicted octanol–water partition coefficient (Wildman–Crippen LogP) is 4.07.